The molecule has 17 heavy (non-hydrogen) atoms. The number of hydrogen-bond donors (Lipinski definition) is 1. The predicted octanol–water partition coefficient (Wildman–Crippen LogP) is 4.48. The van der Waals surface area contributed by atoms with Crippen LogP contribution in [0.5, 0.6) is 0 Å². The first-order valence-electron chi connectivity index (χ1n) is 4.93. The molecule has 0 aliphatic rings. The molecule has 0 unspecified atom stereocenters. The Morgan fingerprint density at radius 3 is 2.65 bits per heavy atom. The number of benzene rings is 1. The zero-order valence-corrected chi connectivity index (χ0v) is 12.8. The standard InChI is InChI=1S/C12H10Br2N2S/c13-9-2-4-12(16-6-9)17-7-8-1-3-10(14)11(15)5-8/h1-6H,7,15H2. The summed E-state index contributed by atoms with van der Waals surface area (Å²) in [7, 11) is 0. The lowest BCUT2D eigenvalue weighted by atomic mass is 10.2. The van der Waals surface area contributed by atoms with Gasteiger partial charge in [0.25, 0.3) is 0 Å². The SMILES string of the molecule is Nc1cc(CSc2ccc(Br)cn2)ccc1Br. The van der Waals surface area contributed by atoms with E-state index in [1.807, 2.05) is 24.3 Å². The highest BCUT2D eigenvalue weighted by Crippen LogP contribution is 2.26. The molecule has 0 atom stereocenters. The maximum atomic E-state index is 5.83. The molecule has 2 nitrogen and oxygen atoms in total. The lowest BCUT2D eigenvalue weighted by Crippen LogP contribution is -1.89. The van der Waals surface area contributed by atoms with Crippen molar-refractivity contribution >= 4 is 49.3 Å². The molecular formula is C12H10Br2N2S. The number of aromatic nitrogens is 1. The van der Waals surface area contributed by atoms with Crippen molar-refractivity contribution in [2.75, 3.05) is 5.73 Å². The Kier molecular flexibility index (Phi) is 4.48. The van der Waals surface area contributed by atoms with E-state index in [0.29, 0.717) is 0 Å². The molecule has 0 spiro atoms. The molecule has 0 aliphatic carbocycles. The van der Waals surface area contributed by atoms with Gasteiger partial charge in [-0.1, -0.05) is 6.07 Å². The Labute approximate surface area is 121 Å². The van der Waals surface area contributed by atoms with Crippen LogP contribution >= 0.6 is 43.6 Å². The quantitative estimate of drug-likeness (QED) is 0.636. The van der Waals surface area contributed by atoms with Crippen molar-refractivity contribution in [2.24, 2.45) is 0 Å². The summed E-state index contributed by atoms with van der Waals surface area (Å²) in [5, 5.41) is 1.01. The summed E-state index contributed by atoms with van der Waals surface area (Å²) in [6, 6.07) is 10.0. The molecule has 88 valence electrons. The van der Waals surface area contributed by atoms with Crippen LogP contribution in [0.3, 0.4) is 0 Å². The third-order valence-corrected chi connectivity index (χ3v) is 4.35. The van der Waals surface area contributed by atoms with E-state index < -0.39 is 0 Å². The van der Waals surface area contributed by atoms with E-state index in [1.54, 1.807) is 18.0 Å². The van der Waals surface area contributed by atoms with Crippen molar-refractivity contribution in [3.8, 4) is 0 Å². The first kappa shape index (κ1) is 12.9. The monoisotopic (exact) mass is 372 g/mol. The molecule has 1 aromatic heterocycles. The predicted molar refractivity (Wildman–Crippen MR) is 80.1 cm³/mol. The summed E-state index contributed by atoms with van der Waals surface area (Å²) in [6.45, 7) is 0. The molecule has 2 N–H and O–H groups in total. The van der Waals surface area contributed by atoms with Gasteiger partial charge in [0.1, 0.15) is 0 Å². The highest BCUT2D eigenvalue weighted by molar-refractivity contribution is 9.10. The molecule has 0 fully saturated rings. The molecule has 2 rings (SSSR count). The van der Waals surface area contributed by atoms with Gasteiger partial charge in [0.2, 0.25) is 0 Å². The third-order valence-electron chi connectivity index (χ3n) is 2.15. The second-order valence-electron chi connectivity index (χ2n) is 3.46. The largest absolute Gasteiger partial charge is 0.398 e. The summed E-state index contributed by atoms with van der Waals surface area (Å²) >= 11 is 8.44. The van der Waals surface area contributed by atoms with Gasteiger partial charge in [0, 0.05) is 26.6 Å². The van der Waals surface area contributed by atoms with Crippen LogP contribution in [0.2, 0.25) is 0 Å². The molecule has 0 bridgehead atoms. The summed E-state index contributed by atoms with van der Waals surface area (Å²) in [4.78, 5) is 4.31. The van der Waals surface area contributed by atoms with Crippen molar-refractivity contribution in [3.63, 3.8) is 0 Å². The third kappa shape index (κ3) is 3.72. The maximum absolute atomic E-state index is 5.83. The Morgan fingerprint density at radius 2 is 2.00 bits per heavy atom. The number of anilines is 1. The van der Waals surface area contributed by atoms with E-state index in [1.165, 1.54) is 5.56 Å². The van der Waals surface area contributed by atoms with Crippen molar-refractivity contribution < 1.29 is 0 Å². The second kappa shape index (κ2) is 5.89. The van der Waals surface area contributed by atoms with E-state index in [0.717, 1.165) is 25.4 Å². The molecular weight excluding hydrogens is 364 g/mol. The smallest absolute Gasteiger partial charge is 0.0963 e. The average molecular weight is 374 g/mol. The molecule has 2 aromatic rings. The van der Waals surface area contributed by atoms with Crippen LogP contribution in [0.25, 0.3) is 0 Å². The minimum atomic E-state index is 0.770. The van der Waals surface area contributed by atoms with Crippen molar-refractivity contribution in [3.05, 3.63) is 51.0 Å². The van der Waals surface area contributed by atoms with Crippen LogP contribution in [0.15, 0.2) is 50.5 Å². The molecule has 5 heteroatoms. The van der Waals surface area contributed by atoms with Crippen molar-refractivity contribution in [2.45, 2.75) is 10.8 Å². The topological polar surface area (TPSA) is 38.9 Å². The van der Waals surface area contributed by atoms with Crippen LogP contribution in [0.1, 0.15) is 5.56 Å². The first-order chi connectivity index (χ1) is 8.15. The van der Waals surface area contributed by atoms with Gasteiger partial charge in [0.15, 0.2) is 0 Å². The van der Waals surface area contributed by atoms with Gasteiger partial charge in [-0.3, -0.25) is 0 Å². The number of nitrogens with two attached hydrogens (primary N) is 1. The highest BCUT2D eigenvalue weighted by Gasteiger charge is 2.00. The number of thioether (sulfide) groups is 1. The summed E-state index contributed by atoms with van der Waals surface area (Å²) in [6.07, 6.45) is 1.80. The number of nitrogens with zero attached hydrogens (tertiary/aromatic N) is 1. The van der Waals surface area contributed by atoms with Gasteiger partial charge in [-0.25, -0.2) is 4.98 Å². The van der Waals surface area contributed by atoms with Crippen LogP contribution in [0.4, 0.5) is 5.69 Å². The second-order valence-corrected chi connectivity index (χ2v) is 6.22. The van der Waals surface area contributed by atoms with Crippen molar-refractivity contribution in [1.82, 2.24) is 4.98 Å². The zero-order valence-electron chi connectivity index (χ0n) is 8.86. The minimum Gasteiger partial charge on any atom is -0.398 e. The van der Waals surface area contributed by atoms with Crippen LogP contribution < -0.4 is 5.73 Å². The number of halogens is 2. The van der Waals surface area contributed by atoms with Gasteiger partial charge in [-0.2, -0.15) is 0 Å². The maximum Gasteiger partial charge on any atom is 0.0963 e. The van der Waals surface area contributed by atoms with Crippen LogP contribution in [-0.4, -0.2) is 4.98 Å². The van der Waals surface area contributed by atoms with Gasteiger partial charge < -0.3 is 5.73 Å². The minimum absolute atomic E-state index is 0.770. The Balaban J connectivity index is 2.02. The first-order valence-corrected chi connectivity index (χ1v) is 7.50. The van der Waals surface area contributed by atoms with E-state index >= 15 is 0 Å². The summed E-state index contributed by atoms with van der Waals surface area (Å²) < 4.78 is 1.93. The van der Waals surface area contributed by atoms with Crippen LogP contribution in [0, 0.1) is 0 Å². The molecule has 0 radical (unpaired) electrons. The van der Waals surface area contributed by atoms with E-state index in [-0.39, 0.29) is 0 Å². The fraction of sp³-hybridized carbons (Fsp3) is 0.0833. The zero-order chi connectivity index (χ0) is 12.3. The molecule has 0 aliphatic heterocycles. The Hall–Kier alpha value is -0.520. The molecule has 0 saturated carbocycles. The van der Waals surface area contributed by atoms with E-state index in [4.69, 9.17) is 5.73 Å². The fourth-order valence-corrected chi connectivity index (χ4v) is 2.55. The molecule has 1 aromatic carbocycles. The average Bonchev–Trinajstić information content (AvgIpc) is 2.33. The number of hydrogen-bond acceptors (Lipinski definition) is 3. The fourth-order valence-electron chi connectivity index (χ4n) is 1.29. The summed E-state index contributed by atoms with van der Waals surface area (Å²) in [5.74, 6) is 0.867. The van der Waals surface area contributed by atoms with Gasteiger partial charge in [-0.05, 0) is 61.7 Å². The number of rotatable bonds is 3. The van der Waals surface area contributed by atoms with E-state index in [9.17, 15) is 0 Å². The normalized spacial score (nSPS) is 10.5. The highest BCUT2D eigenvalue weighted by atomic mass is 79.9. The van der Waals surface area contributed by atoms with Gasteiger partial charge in [0.05, 0.1) is 5.03 Å². The lowest BCUT2D eigenvalue weighted by Gasteiger charge is -2.04. The van der Waals surface area contributed by atoms with E-state index in [2.05, 4.69) is 42.9 Å². The molecule has 0 saturated heterocycles. The number of pyridine rings is 1. The summed E-state index contributed by atoms with van der Waals surface area (Å²) in [5.41, 5.74) is 7.80. The number of nitrogen functional groups attached to an aromatic ring is 1. The van der Waals surface area contributed by atoms with Gasteiger partial charge >= 0.3 is 0 Å². The molecule has 0 amide bonds. The Bertz CT molecular complexity index is 514. The Morgan fingerprint density at radius 1 is 1.18 bits per heavy atom. The van der Waals surface area contributed by atoms with Crippen LogP contribution in [-0.2, 0) is 5.75 Å². The lowest BCUT2D eigenvalue weighted by molar-refractivity contribution is 1.12. The molecule has 1 heterocycles. The van der Waals surface area contributed by atoms with Gasteiger partial charge in [-0.15, -0.1) is 11.8 Å². The van der Waals surface area contributed by atoms with Crippen molar-refractivity contribution in [1.29, 1.82) is 0 Å².